The summed E-state index contributed by atoms with van der Waals surface area (Å²) in [7, 11) is 1.67. The number of methoxy groups -OCH3 is 1. The zero-order chi connectivity index (χ0) is 16.2. The molecule has 0 spiro atoms. The maximum atomic E-state index is 13.0. The molecular weight excluding hydrogens is 288 g/mol. The summed E-state index contributed by atoms with van der Waals surface area (Å²) in [5.41, 5.74) is 3.73. The van der Waals surface area contributed by atoms with Gasteiger partial charge in [0.15, 0.2) is 0 Å². The number of carbonyl (C=O) groups is 1. The standard InChI is InChI=1S/C19H22N2O2/c1-14-11-12-21(18-6-4-3-5-17(18)20-14)19(22)16-9-7-15(8-10-16)13-23-2/h3-10,14,20H,11-13H2,1-2H3. The molecular formula is C19H22N2O2. The number of carbonyl (C=O) groups excluding carboxylic acids is 1. The topological polar surface area (TPSA) is 41.6 Å². The number of nitrogens with one attached hydrogen (secondary N) is 1. The van der Waals surface area contributed by atoms with E-state index in [2.05, 4.69) is 12.2 Å². The van der Waals surface area contributed by atoms with Crippen molar-refractivity contribution >= 4 is 17.3 Å². The molecule has 0 aromatic heterocycles. The van der Waals surface area contributed by atoms with Crippen molar-refractivity contribution in [2.45, 2.75) is 26.0 Å². The lowest BCUT2D eigenvalue weighted by molar-refractivity contribution is 0.0987. The average molecular weight is 310 g/mol. The molecule has 1 unspecified atom stereocenters. The van der Waals surface area contributed by atoms with Gasteiger partial charge in [-0.15, -0.1) is 0 Å². The lowest BCUT2D eigenvalue weighted by Crippen LogP contribution is -2.32. The first-order valence-electron chi connectivity index (χ1n) is 7.94. The Morgan fingerprint density at radius 2 is 1.96 bits per heavy atom. The van der Waals surface area contributed by atoms with E-state index in [9.17, 15) is 4.79 Å². The highest BCUT2D eigenvalue weighted by molar-refractivity contribution is 6.07. The van der Waals surface area contributed by atoms with Gasteiger partial charge in [-0.1, -0.05) is 24.3 Å². The highest BCUT2D eigenvalue weighted by Gasteiger charge is 2.24. The Hall–Kier alpha value is -2.33. The number of nitrogens with zero attached hydrogens (tertiary/aromatic N) is 1. The van der Waals surface area contributed by atoms with Gasteiger partial charge in [-0.05, 0) is 43.2 Å². The predicted molar refractivity (Wildman–Crippen MR) is 93.0 cm³/mol. The van der Waals surface area contributed by atoms with Crippen molar-refractivity contribution in [1.29, 1.82) is 0 Å². The molecule has 1 amide bonds. The number of fused-ring (bicyclic) bond motifs is 1. The molecule has 0 radical (unpaired) electrons. The van der Waals surface area contributed by atoms with Crippen LogP contribution in [0.3, 0.4) is 0 Å². The molecule has 0 saturated carbocycles. The summed E-state index contributed by atoms with van der Waals surface area (Å²) in [6, 6.07) is 16.0. The smallest absolute Gasteiger partial charge is 0.258 e. The largest absolute Gasteiger partial charge is 0.381 e. The van der Waals surface area contributed by atoms with Gasteiger partial charge in [0.2, 0.25) is 0 Å². The molecule has 0 saturated heterocycles. The van der Waals surface area contributed by atoms with Crippen LogP contribution in [-0.2, 0) is 11.3 Å². The van der Waals surface area contributed by atoms with Crippen molar-refractivity contribution in [1.82, 2.24) is 0 Å². The van der Waals surface area contributed by atoms with Gasteiger partial charge in [0.1, 0.15) is 0 Å². The first-order chi connectivity index (χ1) is 11.2. The summed E-state index contributed by atoms with van der Waals surface area (Å²) in [6.45, 7) is 3.41. The first-order valence-corrected chi connectivity index (χ1v) is 7.94. The van der Waals surface area contributed by atoms with Gasteiger partial charge in [0, 0.05) is 25.3 Å². The second-order valence-corrected chi connectivity index (χ2v) is 5.94. The van der Waals surface area contributed by atoms with E-state index >= 15 is 0 Å². The molecule has 0 fully saturated rings. The molecule has 4 heteroatoms. The van der Waals surface area contributed by atoms with Gasteiger partial charge < -0.3 is 15.0 Å². The maximum Gasteiger partial charge on any atom is 0.258 e. The fourth-order valence-electron chi connectivity index (χ4n) is 2.89. The number of hydrogen-bond donors (Lipinski definition) is 1. The molecule has 0 bridgehead atoms. The molecule has 3 rings (SSSR count). The molecule has 1 aliphatic heterocycles. The van der Waals surface area contributed by atoms with Crippen molar-refractivity contribution < 1.29 is 9.53 Å². The molecule has 0 aliphatic carbocycles. The third kappa shape index (κ3) is 3.37. The van der Waals surface area contributed by atoms with Crippen LogP contribution in [0.25, 0.3) is 0 Å². The Morgan fingerprint density at radius 1 is 1.22 bits per heavy atom. The number of hydrogen-bond acceptors (Lipinski definition) is 3. The van der Waals surface area contributed by atoms with Crippen LogP contribution < -0.4 is 10.2 Å². The van der Waals surface area contributed by atoms with Crippen molar-refractivity contribution in [2.75, 3.05) is 23.9 Å². The van der Waals surface area contributed by atoms with E-state index in [0.717, 1.165) is 23.4 Å². The van der Waals surface area contributed by atoms with E-state index in [-0.39, 0.29) is 5.91 Å². The SMILES string of the molecule is COCc1ccc(C(=O)N2CCC(C)Nc3ccccc32)cc1. The summed E-state index contributed by atoms with van der Waals surface area (Å²) in [5.74, 6) is 0.0392. The van der Waals surface area contributed by atoms with E-state index in [1.807, 2.05) is 53.4 Å². The number of amides is 1. The molecule has 1 aliphatic rings. The molecule has 1 N–H and O–H groups in total. The minimum absolute atomic E-state index is 0.0392. The van der Waals surface area contributed by atoms with Gasteiger partial charge in [-0.2, -0.15) is 0 Å². The number of benzene rings is 2. The third-order valence-corrected chi connectivity index (χ3v) is 4.14. The molecule has 120 valence electrons. The monoisotopic (exact) mass is 310 g/mol. The van der Waals surface area contributed by atoms with Crippen molar-refractivity contribution in [3.05, 3.63) is 59.7 Å². The van der Waals surface area contributed by atoms with E-state index in [1.54, 1.807) is 7.11 Å². The van der Waals surface area contributed by atoms with Crippen LogP contribution >= 0.6 is 0 Å². The normalized spacial score (nSPS) is 17.1. The van der Waals surface area contributed by atoms with Crippen LogP contribution in [0.1, 0.15) is 29.3 Å². The first kappa shape index (κ1) is 15.6. The minimum atomic E-state index is 0.0392. The summed E-state index contributed by atoms with van der Waals surface area (Å²) in [6.07, 6.45) is 0.919. The maximum absolute atomic E-state index is 13.0. The van der Waals surface area contributed by atoms with Crippen molar-refractivity contribution in [3.8, 4) is 0 Å². The average Bonchev–Trinajstić information content (AvgIpc) is 2.73. The molecule has 1 atom stereocenters. The van der Waals surface area contributed by atoms with Gasteiger partial charge in [0.05, 0.1) is 18.0 Å². The van der Waals surface area contributed by atoms with E-state index in [4.69, 9.17) is 4.74 Å². The minimum Gasteiger partial charge on any atom is -0.381 e. The van der Waals surface area contributed by atoms with Crippen LogP contribution in [0.4, 0.5) is 11.4 Å². The van der Waals surface area contributed by atoms with E-state index < -0.39 is 0 Å². The summed E-state index contributed by atoms with van der Waals surface area (Å²) < 4.78 is 5.12. The Balaban J connectivity index is 1.89. The Morgan fingerprint density at radius 3 is 2.70 bits per heavy atom. The highest BCUT2D eigenvalue weighted by atomic mass is 16.5. The van der Waals surface area contributed by atoms with Crippen LogP contribution in [0.2, 0.25) is 0 Å². The summed E-state index contributed by atoms with van der Waals surface area (Å²) in [5, 5.41) is 3.47. The quantitative estimate of drug-likeness (QED) is 0.940. The van der Waals surface area contributed by atoms with Crippen LogP contribution in [0.5, 0.6) is 0 Å². The van der Waals surface area contributed by atoms with Crippen molar-refractivity contribution in [3.63, 3.8) is 0 Å². The third-order valence-electron chi connectivity index (χ3n) is 4.14. The predicted octanol–water partition coefficient (Wildman–Crippen LogP) is 3.68. The Bertz CT molecular complexity index is 682. The van der Waals surface area contributed by atoms with Gasteiger partial charge in [0.25, 0.3) is 5.91 Å². The van der Waals surface area contributed by atoms with E-state index in [0.29, 0.717) is 24.8 Å². The van der Waals surface area contributed by atoms with Gasteiger partial charge in [-0.3, -0.25) is 4.79 Å². The highest BCUT2D eigenvalue weighted by Crippen LogP contribution is 2.30. The second-order valence-electron chi connectivity index (χ2n) is 5.94. The number of rotatable bonds is 3. The molecule has 2 aromatic carbocycles. The van der Waals surface area contributed by atoms with Crippen molar-refractivity contribution in [2.24, 2.45) is 0 Å². The lowest BCUT2D eigenvalue weighted by Gasteiger charge is -2.22. The van der Waals surface area contributed by atoms with E-state index in [1.165, 1.54) is 0 Å². The lowest BCUT2D eigenvalue weighted by atomic mass is 10.1. The fourth-order valence-corrected chi connectivity index (χ4v) is 2.89. The fraction of sp³-hybridized carbons (Fsp3) is 0.316. The molecule has 1 heterocycles. The number of para-hydroxylation sites is 2. The number of anilines is 2. The van der Waals surface area contributed by atoms with Crippen LogP contribution in [0, 0.1) is 0 Å². The summed E-state index contributed by atoms with van der Waals surface area (Å²) in [4.78, 5) is 14.8. The molecule has 2 aromatic rings. The zero-order valence-corrected chi connectivity index (χ0v) is 13.6. The van der Waals surface area contributed by atoms with Gasteiger partial charge in [-0.25, -0.2) is 0 Å². The summed E-state index contributed by atoms with van der Waals surface area (Å²) >= 11 is 0. The van der Waals surface area contributed by atoms with Crippen LogP contribution in [-0.4, -0.2) is 25.6 Å². The Kier molecular flexibility index (Phi) is 4.63. The second kappa shape index (κ2) is 6.84. The zero-order valence-electron chi connectivity index (χ0n) is 13.6. The van der Waals surface area contributed by atoms with Gasteiger partial charge >= 0.3 is 0 Å². The van der Waals surface area contributed by atoms with Crippen LogP contribution in [0.15, 0.2) is 48.5 Å². The molecule has 4 nitrogen and oxygen atoms in total. The Labute approximate surface area is 137 Å². The molecule has 23 heavy (non-hydrogen) atoms. The number of ether oxygens (including phenoxy) is 1.